The fourth-order valence-electron chi connectivity index (χ4n) is 3.72. The van der Waals surface area contributed by atoms with Crippen molar-refractivity contribution in [2.24, 2.45) is 0 Å². The van der Waals surface area contributed by atoms with Crippen LogP contribution in [0.25, 0.3) is 6.08 Å². The highest BCUT2D eigenvalue weighted by atomic mass is 32.2. The fraction of sp³-hybridized carbons (Fsp3) is 0.269. The molecule has 10 heteroatoms. The molecule has 36 heavy (non-hydrogen) atoms. The lowest BCUT2D eigenvalue weighted by Crippen LogP contribution is -2.36. The largest absolute Gasteiger partial charge is 0.493 e. The molecule has 2 heterocycles. The van der Waals surface area contributed by atoms with Crippen molar-refractivity contribution >= 4 is 46.3 Å². The van der Waals surface area contributed by atoms with Gasteiger partial charge < -0.3 is 24.4 Å². The maximum absolute atomic E-state index is 12.8. The lowest BCUT2D eigenvalue weighted by atomic mass is 10.2. The van der Waals surface area contributed by atoms with Gasteiger partial charge in [-0.15, -0.1) is 6.42 Å². The number of hydrogen-bond acceptors (Lipinski definition) is 8. The van der Waals surface area contributed by atoms with Gasteiger partial charge in [-0.25, -0.2) is 0 Å². The Morgan fingerprint density at radius 1 is 1.17 bits per heavy atom. The number of anilines is 2. The molecule has 2 aromatic rings. The van der Waals surface area contributed by atoms with E-state index >= 15 is 0 Å². The van der Waals surface area contributed by atoms with E-state index in [0.29, 0.717) is 36.0 Å². The standard InChI is InChI=1S/C26H25N3O6S/c1-3-12-35-21-9-4-18(15-22(21)33-2)16-23-25(31)29(26(32)36-23)17-24(30)27-19-5-7-20(8-6-19)28-10-13-34-14-11-28/h1,4-9,15-16H,10-14,17H2,2H3,(H,27,30)/b23-16-. The minimum absolute atomic E-state index is 0.0919. The first kappa shape index (κ1) is 25.2. The summed E-state index contributed by atoms with van der Waals surface area (Å²) in [4.78, 5) is 41.2. The molecule has 0 aromatic heterocycles. The summed E-state index contributed by atoms with van der Waals surface area (Å²) in [5.41, 5.74) is 2.26. The number of carbonyl (C=O) groups excluding carboxylic acids is 3. The summed E-state index contributed by atoms with van der Waals surface area (Å²) in [6, 6.07) is 12.5. The summed E-state index contributed by atoms with van der Waals surface area (Å²) in [7, 11) is 1.49. The van der Waals surface area contributed by atoms with Gasteiger partial charge in [-0.05, 0) is 59.8 Å². The molecule has 2 fully saturated rings. The highest BCUT2D eigenvalue weighted by molar-refractivity contribution is 8.18. The quantitative estimate of drug-likeness (QED) is 0.430. The number of imide groups is 1. The number of benzene rings is 2. The molecule has 4 rings (SSSR count). The van der Waals surface area contributed by atoms with Crippen molar-refractivity contribution in [2.45, 2.75) is 0 Å². The van der Waals surface area contributed by atoms with Crippen LogP contribution in [0.5, 0.6) is 11.5 Å². The molecule has 2 aliphatic rings. The van der Waals surface area contributed by atoms with E-state index in [0.717, 1.165) is 35.4 Å². The number of ether oxygens (including phenoxy) is 3. The monoisotopic (exact) mass is 507 g/mol. The predicted octanol–water partition coefficient (Wildman–Crippen LogP) is 3.22. The van der Waals surface area contributed by atoms with Crippen molar-refractivity contribution in [1.82, 2.24) is 4.90 Å². The third-order valence-electron chi connectivity index (χ3n) is 5.50. The van der Waals surface area contributed by atoms with E-state index in [2.05, 4.69) is 16.1 Å². The number of amides is 3. The van der Waals surface area contributed by atoms with Gasteiger partial charge in [0.15, 0.2) is 11.5 Å². The Labute approximate surface area is 213 Å². The van der Waals surface area contributed by atoms with Gasteiger partial charge in [0.1, 0.15) is 13.2 Å². The summed E-state index contributed by atoms with van der Waals surface area (Å²) in [6.07, 6.45) is 6.79. The Morgan fingerprint density at radius 2 is 1.92 bits per heavy atom. The molecule has 0 bridgehead atoms. The summed E-state index contributed by atoms with van der Waals surface area (Å²) < 4.78 is 16.1. The predicted molar refractivity (Wildman–Crippen MR) is 138 cm³/mol. The molecule has 0 radical (unpaired) electrons. The van der Waals surface area contributed by atoms with E-state index in [-0.39, 0.29) is 18.1 Å². The summed E-state index contributed by atoms with van der Waals surface area (Å²) >= 11 is 0.778. The number of carbonyl (C=O) groups is 3. The first-order chi connectivity index (χ1) is 17.5. The molecular formula is C26H25N3O6S. The van der Waals surface area contributed by atoms with Crippen LogP contribution in [0.3, 0.4) is 0 Å². The van der Waals surface area contributed by atoms with Crippen LogP contribution in [0.2, 0.25) is 0 Å². The Bertz CT molecular complexity index is 1220. The number of rotatable bonds is 8. The van der Waals surface area contributed by atoms with Crippen molar-refractivity contribution in [1.29, 1.82) is 0 Å². The lowest BCUT2D eigenvalue weighted by Gasteiger charge is -2.28. The number of hydrogen-bond donors (Lipinski definition) is 1. The molecule has 0 saturated carbocycles. The maximum Gasteiger partial charge on any atom is 0.294 e. The molecule has 3 amide bonds. The number of thioether (sulfide) groups is 1. The highest BCUT2D eigenvalue weighted by Crippen LogP contribution is 2.34. The molecule has 0 aliphatic carbocycles. The number of terminal acetylenes is 1. The van der Waals surface area contributed by atoms with Gasteiger partial charge in [0.25, 0.3) is 11.1 Å². The number of nitrogens with zero attached hydrogens (tertiary/aromatic N) is 2. The zero-order valence-corrected chi connectivity index (χ0v) is 20.5. The van der Waals surface area contributed by atoms with Crippen molar-refractivity contribution in [2.75, 3.05) is 56.8 Å². The second-order valence-corrected chi connectivity index (χ2v) is 8.86. The van der Waals surface area contributed by atoms with E-state index in [1.165, 1.54) is 7.11 Å². The molecular weight excluding hydrogens is 482 g/mol. The Hall–Kier alpha value is -3.94. The normalized spacial score (nSPS) is 16.7. The Kier molecular flexibility index (Phi) is 8.15. The molecule has 2 aliphatic heterocycles. The van der Waals surface area contributed by atoms with Gasteiger partial charge in [0, 0.05) is 24.5 Å². The smallest absolute Gasteiger partial charge is 0.294 e. The first-order valence-electron chi connectivity index (χ1n) is 11.2. The van der Waals surface area contributed by atoms with Crippen LogP contribution in [-0.2, 0) is 14.3 Å². The average Bonchev–Trinajstić information content (AvgIpc) is 3.15. The van der Waals surface area contributed by atoms with E-state index in [4.69, 9.17) is 20.6 Å². The van der Waals surface area contributed by atoms with E-state index in [1.54, 1.807) is 36.4 Å². The van der Waals surface area contributed by atoms with Crippen LogP contribution in [0.15, 0.2) is 47.4 Å². The second kappa shape index (κ2) is 11.7. The van der Waals surface area contributed by atoms with E-state index < -0.39 is 17.1 Å². The van der Waals surface area contributed by atoms with Crippen molar-refractivity contribution in [3.8, 4) is 23.8 Å². The second-order valence-electron chi connectivity index (χ2n) is 7.87. The van der Waals surface area contributed by atoms with Crippen molar-refractivity contribution in [3.63, 3.8) is 0 Å². The van der Waals surface area contributed by atoms with Gasteiger partial charge >= 0.3 is 0 Å². The minimum Gasteiger partial charge on any atom is -0.493 e. The SMILES string of the molecule is C#CCOc1ccc(/C=C2\SC(=O)N(CC(=O)Nc3ccc(N4CCOCC4)cc3)C2=O)cc1OC. The van der Waals surface area contributed by atoms with Crippen LogP contribution in [-0.4, -0.2) is 68.5 Å². The number of methoxy groups -OCH3 is 1. The van der Waals surface area contributed by atoms with Crippen LogP contribution in [0.1, 0.15) is 5.56 Å². The maximum atomic E-state index is 12.8. The Balaban J connectivity index is 1.38. The van der Waals surface area contributed by atoms with Crippen LogP contribution in [0, 0.1) is 12.3 Å². The fourth-order valence-corrected chi connectivity index (χ4v) is 4.56. The van der Waals surface area contributed by atoms with Gasteiger partial charge in [0.05, 0.1) is 25.2 Å². The third kappa shape index (κ3) is 6.00. The van der Waals surface area contributed by atoms with E-state index in [9.17, 15) is 14.4 Å². The molecule has 0 unspecified atom stereocenters. The molecule has 2 saturated heterocycles. The summed E-state index contributed by atoms with van der Waals surface area (Å²) in [5, 5.41) is 2.23. The lowest BCUT2D eigenvalue weighted by molar-refractivity contribution is -0.127. The molecule has 0 atom stereocenters. The Morgan fingerprint density at radius 3 is 2.61 bits per heavy atom. The van der Waals surface area contributed by atoms with Gasteiger partial charge in [-0.3, -0.25) is 19.3 Å². The van der Waals surface area contributed by atoms with Crippen LogP contribution < -0.4 is 19.7 Å². The van der Waals surface area contributed by atoms with Gasteiger partial charge in [-0.1, -0.05) is 12.0 Å². The van der Waals surface area contributed by atoms with Gasteiger partial charge in [0.2, 0.25) is 5.91 Å². The van der Waals surface area contributed by atoms with Crippen molar-refractivity contribution in [3.05, 3.63) is 52.9 Å². The van der Waals surface area contributed by atoms with Crippen LogP contribution >= 0.6 is 11.8 Å². The molecule has 0 spiro atoms. The average molecular weight is 508 g/mol. The highest BCUT2D eigenvalue weighted by Gasteiger charge is 2.36. The summed E-state index contributed by atoms with van der Waals surface area (Å²) in [6.45, 7) is 2.71. The summed E-state index contributed by atoms with van der Waals surface area (Å²) in [5.74, 6) is 2.30. The number of morpholine rings is 1. The third-order valence-corrected chi connectivity index (χ3v) is 6.41. The van der Waals surface area contributed by atoms with Gasteiger partial charge in [-0.2, -0.15) is 0 Å². The zero-order valence-electron chi connectivity index (χ0n) is 19.7. The molecule has 186 valence electrons. The topological polar surface area (TPSA) is 97.4 Å². The van der Waals surface area contributed by atoms with Crippen LogP contribution in [0.4, 0.5) is 16.2 Å². The molecule has 9 nitrogen and oxygen atoms in total. The minimum atomic E-state index is -0.533. The van der Waals surface area contributed by atoms with E-state index in [1.807, 2.05) is 12.1 Å². The number of nitrogens with one attached hydrogen (secondary N) is 1. The zero-order chi connectivity index (χ0) is 25.5. The first-order valence-corrected chi connectivity index (χ1v) is 12.0. The van der Waals surface area contributed by atoms with Crippen molar-refractivity contribution < 1.29 is 28.6 Å². The molecule has 1 N–H and O–H groups in total. The molecule has 2 aromatic carbocycles.